The minimum atomic E-state index is 1.19. The van der Waals surface area contributed by atoms with E-state index in [0.29, 0.717) is 0 Å². The molecule has 0 aliphatic heterocycles. The molecule has 0 saturated carbocycles. The molecule has 0 radical (unpaired) electrons. The van der Waals surface area contributed by atoms with Crippen LogP contribution in [0.2, 0.25) is 0 Å². The van der Waals surface area contributed by atoms with Gasteiger partial charge in [0.2, 0.25) is 0 Å². The molecule has 1 N–H and O–H groups in total. The van der Waals surface area contributed by atoms with Crippen LogP contribution in [0.3, 0.4) is 0 Å². The molecule has 64 valence electrons. The second kappa shape index (κ2) is 6.02. The van der Waals surface area contributed by atoms with Gasteiger partial charge in [0.15, 0.2) is 0 Å². The topological polar surface area (TPSA) is 12.0 Å². The van der Waals surface area contributed by atoms with Gasteiger partial charge in [-0.25, -0.2) is 0 Å². The molecule has 0 amide bonds. The summed E-state index contributed by atoms with van der Waals surface area (Å²) in [5.41, 5.74) is 2.67. The third-order valence-electron chi connectivity index (χ3n) is 1.66. The summed E-state index contributed by atoms with van der Waals surface area (Å²) in [7, 11) is 1.97. The predicted molar refractivity (Wildman–Crippen MR) is 51.5 cm³/mol. The highest BCUT2D eigenvalue weighted by Crippen LogP contribution is 2.14. The van der Waals surface area contributed by atoms with Crippen molar-refractivity contribution in [2.45, 2.75) is 33.6 Å². The molecule has 0 fully saturated rings. The van der Waals surface area contributed by atoms with Crippen molar-refractivity contribution in [3.05, 3.63) is 23.4 Å². The molecular formula is C10H19N. The Morgan fingerprint density at radius 2 is 1.73 bits per heavy atom. The van der Waals surface area contributed by atoms with E-state index in [0.717, 1.165) is 0 Å². The van der Waals surface area contributed by atoms with E-state index in [1.165, 1.54) is 24.1 Å². The normalized spacial score (nSPS) is 15.6. The van der Waals surface area contributed by atoms with Gasteiger partial charge in [-0.15, -0.1) is 0 Å². The highest BCUT2D eigenvalue weighted by molar-refractivity contribution is 5.29. The van der Waals surface area contributed by atoms with Crippen LogP contribution in [0, 0.1) is 0 Å². The zero-order chi connectivity index (χ0) is 8.69. The molecule has 1 aliphatic carbocycles. The number of allylic oxidation sites excluding steroid dienone is 3. The molecule has 0 unspecified atom stereocenters. The number of nitrogens with one attached hydrogen (secondary N) is 1. The van der Waals surface area contributed by atoms with Gasteiger partial charge in [-0.2, -0.15) is 0 Å². The first-order valence-corrected chi connectivity index (χ1v) is 4.39. The van der Waals surface area contributed by atoms with E-state index >= 15 is 0 Å². The van der Waals surface area contributed by atoms with Crippen molar-refractivity contribution < 1.29 is 0 Å². The Hall–Kier alpha value is -0.720. The van der Waals surface area contributed by atoms with E-state index in [9.17, 15) is 0 Å². The lowest BCUT2D eigenvalue weighted by Gasteiger charge is -2.10. The fourth-order valence-electron chi connectivity index (χ4n) is 1.10. The minimum Gasteiger partial charge on any atom is -0.388 e. The lowest BCUT2D eigenvalue weighted by atomic mass is 10.1. The summed E-state index contributed by atoms with van der Waals surface area (Å²) in [4.78, 5) is 0. The van der Waals surface area contributed by atoms with Gasteiger partial charge in [0, 0.05) is 12.7 Å². The van der Waals surface area contributed by atoms with E-state index in [1.807, 2.05) is 20.9 Å². The smallest absolute Gasteiger partial charge is 0.0323 e. The van der Waals surface area contributed by atoms with Gasteiger partial charge in [0.05, 0.1) is 0 Å². The third-order valence-corrected chi connectivity index (χ3v) is 1.66. The highest BCUT2D eigenvalue weighted by atomic mass is 14.8. The van der Waals surface area contributed by atoms with E-state index < -0.39 is 0 Å². The average molecular weight is 153 g/mol. The molecule has 0 spiro atoms. The standard InChI is InChI=1S/C8H13N.C2H6/c1-7-5-3-4-6-8(7)9-2;1-2/h5-6,9H,3-4H2,1-2H3;1-2H3. The highest BCUT2D eigenvalue weighted by Gasteiger charge is 1.99. The zero-order valence-corrected chi connectivity index (χ0v) is 8.07. The van der Waals surface area contributed by atoms with Crippen LogP contribution in [0.25, 0.3) is 0 Å². The first-order valence-electron chi connectivity index (χ1n) is 4.39. The second-order valence-electron chi connectivity index (χ2n) is 2.33. The van der Waals surface area contributed by atoms with Crippen molar-refractivity contribution in [1.82, 2.24) is 5.32 Å². The van der Waals surface area contributed by atoms with Crippen LogP contribution in [-0.2, 0) is 0 Å². The maximum atomic E-state index is 3.15. The number of likely N-dealkylation sites (N-methyl/N-ethyl adjacent to an activating group) is 1. The molecule has 0 saturated heterocycles. The van der Waals surface area contributed by atoms with Gasteiger partial charge >= 0.3 is 0 Å². The molecule has 0 heterocycles. The van der Waals surface area contributed by atoms with Crippen LogP contribution in [0.4, 0.5) is 0 Å². The third kappa shape index (κ3) is 3.26. The first kappa shape index (κ1) is 10.3. The quantitative estimate of drug-likeness (QED) is 0.611. The Kier molecular flexibility index (Phi) is 5.63. The van der Waals surface area contributed by atoms with Crippen molar-refractivity contribution >= 4 is 0 Å². The van der Waals surface area contributed by atoms with Gasteiger partial charge < -0.3 is 5.32 Å². The Balaban J connectivity index is 0.000000461. The van der Waals surface area contributed by atoms with E-state index in [-0.39, 0.29) is 0 Å². The van der Waals surface area contributed by atoms with E-state index in [2.05, 4.69) is 24.4 Å². The summed E-state index contributed by atoms with van der Waals surface area (Å²) in [5, 5.41) is 3.15. The molecule has 0 atom stereocenters. The number of rotatable bonds is 1. The summed E-state index contributed by atoms with van der Waals surface area (Å²) >= 11 is 0. The van der Waals surface area contributed by atoms with Gasteiger partial charge in [-0.3, -0.25) is 0 Å². The lowest BCUT2D eigenvalue weighted by molar-refractivity contribution is 0.909. The minimum absolute atomic E-state index is 1.19. The van der Waals surface area contributed by atoms with Crippen LogP contribution >= 0.6 is 0 Å². The largest absolute Gasteiger partial charge is 0.388 e. The molecule has 1 rings (SSSR count). The zero-order valence-electron chi connectivity index (χ0n) is 8.07. The molecule has 0 bridgehead atoms. The molecule has 1 nitrogen and oxygen atoms in total. The first-order chi connectivity index (χ1) is 5.34. The van der Waals surface area contributed by atoms with Crippen LogP contribution in [-0.4, -0.2) is 7.05 Å². The SMILES string of the molecule is CC.CNC1=CCCC=C1C. The predicted octanol–water partition coefficient (Wildman–Crippen LogP) is 2.86. The fourth-order valence-corrected chi connectivity index (χ4v) is 1.10. The Morgan fingerprint density at radius 3 is 2.09 bits per heavy atom. The average Bonchev–Trinajstić information content (AvgIpc) is 2.09. The van der Waals surface area contributed by atoms with Crippen molar-refractivity contribution in [2.75, 3.05) is 7.05 Å². The Morgan fingerprint density at radius 1 is 1.18 bits per heavy atom. The van der Waals surface area contributed by atoms with Crippen LogP contribution < -0.4 is 5.32 Å². The van der Waals surface area contributed by atoms with Gasteiger partial charge in [0.25, 0.3) is 0 Å². The molecular weight excluding hydrogens is 134 g/mol. The van der Waals surface area contributed by atoms with Gasteiger partial charge in [0.1, 0.15) is 0 Å². The summed E-state index contributed by atoms with van der Waals surface area (Å²) in [6, 6.07) is 0. The molecule has 1 heteroatoms. The Labute approximate surface area is 70.2 Å². The Bertz CT molecular complexity index is 154. The molecule has 1 aliphatic rings. The van der Waals surface area contributed by atoms with Crippen LogP contribution in [0.5, 0.6) is 0 Å². The summed E-state index contributed by atoms with van der Waals surface area (Å²) < 4.78 is 0. The fraction of sp³-hybridized carbons (Fsp3) is 0.600. The number of hydrogen-bond donors (Lipinski definition) is 1. The van der Waals surface area contributed by atoms with Crippen LogP contribution in [0.1, 0.15) is 33.6 Å². The molecule has 0 aromatic rings. The van der Waals surface area contributed by atoms with Crippen molar-refractivity contribution in [3.8, 4) is 0 Å². The molecule has 0 aromatic carbocycles. The molecule has 11 heavy (non-hydrogen) atoms. The van der Waals surface area contributed by atoms with Gasteiger partial charge in [-0.05, 0) is 25.3 Å². The van der Waals surface area contributed by atoms with Crippen molar-refractivity contribution in [3.63, 3.8) is 0 Å². The lowest BCUT2D eigenvalue weighted by Crippen LogP contribution is -2.08. The molecule has 0 aromatic heterocycles. The van der Waals surface area contributed by atoms with Gasteiger partial charge in [-0.1, -0.05) is 26.0 Å². The monoisotopic (exact) mass is 153 g/mol. The van der Waals surface area contributed by atoms with E-state index in [4.69, 9.17) is 0 Å². The van der Waals surface area contributed by atoms with Crippen LogP contribution in [0.15, 0.2) is 23.4 Å². The summed E-state index contributed by atoms with van der Waals surface area (Å²) in [6.45, 7) is 6.14. The maximum absolute atomic E-state index is 3.15. The number of hydrogen-bond acceptors (Lipinski definition) is 1. The maximum Gasteiger partial charge on any atom is 0.0323 e. The second-order valence-corrected chi connectivity index (χ2v) is 2.33. The summed E-state index contributed by atoms with van der Waals surface area (Å²) in [6.07, 6.45) is 6.91. The summed E-state index contributed by atoms with van der Waals surface area (Å²) in [5.74, 6) is 0. The van der Waals surface area contributed by atoms with Crippen molar-refractivity contribution in [1.29, 1.82) is 0 Å². The van der Waals surface area contributed by atoms with Crippen molar-refractivity contribution in [2.24, 2.45) is 0 Å². The van der Waals surface area contributed by atoms with E-state index in [1.54, 1.807) is 0 Å².